The van der Waals surface area contributed by atoms with Gasteiger partial charge in [-0.15, -0.1) is 0 Å². The molecule has 0 spiro atoms. The molecule has 1 aliphatic heterocycles. The number of nitrogens with zero attached hydrogens (tertiary/aromatic N) is 1. The number of rotatable bonds is 6. The smallest absolute Gasteiger partial charge is 0.326 e. The fraction of sp³-hybridized carbons (Fsp3) is 0.286. The summed E-state index contributed by atoms with van der Waals surface area (Å²) < 4.78 is 5.21. The first-order valence-corrected chi connectivity index (χ1v) is 8.99. The number of hydrogen-bond donors (Lipinski definition) is 2. The van der Waals surface area contributed by atoms with Crippen molar-refractivity contribution in [2.24, 2.45) is 0 Å². The zero-order valence-electron chi connectivity index (χ0n) is 16.1. The molecule has 0 unspecified atom stereocenters. The van der Waals surface area contributed by atoms with E-state index in [0.29, 0.717) is 17.9 Å². The molecule has 2 aromatic carbocycles. The first-order valence-electron chi connectivity index (χ1n) is 8.99. The molecule has 3 rings (SSSR count). The van der Waals surface area contributed by atoms with Crippen molar-refractivity contribution < 1.29 is 19.1 Å². The van der Waals surface area contributed by atoms with Crippen LogP contribution < -0.4 is 15.4 Å². The lowest BCUT2D eigenvalue weighted by Gasteiger charge is -2.25. The van der Waals surface area contributed by atoms with Crippen LogP contribution in [0.2, 0.25) is 0 Å². The number of carbonyl (C=O) groups excluding carboxylic acids is 3. The zero-order chi connectivity index (χ0) is 20.3. The molecule has 1 saturated heterocycles. The Bertz CT molecular complexity index is 900. The molecule has 0 radical (unpaired) electrons. The zero-order valence-corrected chi connectivity index (χ0v) is 16.1. The van der Waals surface area contributed by atoms with E-state index in [1.807, 2.05) is 30.3 Å². The minimum Gasteiger partial charge on any atom is -0.497 e. The molecule has 4 amide bonds. The highest BCUT2D eigenvalue weighted by atomic mass is 16.5. The second-order valence-corrected chi connectivity index (χ2v) is 6.84. The molecule has 1 aliphatic rings. The second kappa shape index (κ2) is 7.72. The largest absolute Gasteiger partial charge is 0.497 e. The van der Waals surface area contributed by atoms with Gasteiger partial charge in [-0.2, -0.15) is 0 Å². The van der Waals surface area contributed by atoms with Gasteiger partial charge >= 0.3 is 6.03 Å². The Labute approximate surface area is 163 Å². The van der Waals surface area contributed by atoms with Crippen molar-refractivity contribution in [2.45, 2.75) is 32.0 Å². The predicted octanol–water partition coefficient (Wildman–Crippen LogP) is 2.17. The average Bonchev–Trinajstić information content (AvgIpc) is 2.95. The number of nitrogens with one attached hydrogen (secondary N) is 2. The van der Waals surface area contributed by atoms with Crippen LogP contribution in [0.15, 0.2) is 54.6 Å². The van der Waals surface area contributed by atoms with Crippen LogP contribution in [0.3, 0.4) is 0 Å². The Kier molecular flexibility index (Phi) is 5.35. The Balaban J connectivity index is 1.75. The van der Waals surface area contributed by atoms with E-state index < -0.39 is 29.4 Å². The first-order chi connectivity index (χ1) is 13.4. The van der Waals surface area contributed by atoms with Gasteiger partial charge in [0, 0.05) is 6.54 Å². The molecular formula is C21H23N3O4. The Morgan fingerprint density at radius 2 is 1.89 bits per heavy atom. The fourth-order valence-corrected chi connectivity index (χ4v) is 3.19. The number of methoxy groups -OCH3 is 1. The fourth-order valence-electron chi connectivity index (χ4n) is 3.19. The summed E-state index contributed by atoms with van der Waals surface area (Å²) in [4.78, 5) is 39.1. The van der Waals surface area contributed by atoms with Crippen LogP contribution in [0.1, 0.15) is 25.0 Å². The highest BCUT2D eigenvalue weighted by Crippen LogP contribution is 2.31. The van der Waals surface area contributed by atoms with Gasteiger partial charge in [-0.25, -0.2) is 9.69 Å². The summed E-state index contributed by atoms with van der Waals surface area (Å²) in [7, 11) is 1.53. The summed E-state index contributed by atoms with van der Waals surface area (Å²) in [5.41, 5.74) is 0.255. The van der Waals surface area contributed by atoms with E-state index in [2.05, 4.69) is 10.6 Å². The van der Waals surface area contributed by atoms with Crippen molar-refractivity contribution in [3.05, 3.63) is 65.7 Å². The Morgan fingerprint density at radius 1 is 1.18 bits per heavy atom. The molecule has 146 valence electrons. The summed E-state index contributed by atoms with van der Waals surface area (Å²) in [6.45, 7) is 3.48. The summed E-state index contributed by atoms with van der Waals surface area (Å²) in [5, 5.41) is 5.48. The summed E-state index contributed by atoms with van der Waals surface area (Å²) in [5.74, 6) is -0.303. The third kappa shape index (κ3) is 3.55. The van der Waals surface area contributed by atoms with E-state index in [-0.39, 0.29) is 0 Å². The molecule has 0 saturated carbocycles. The molecule has 2 aromatic rings. The molecule has 28 heavy (non-hydrogen) atoms. The lowest BCUT2D eigenvalue weighted by molar-refractivity contribution is -0.137. The highest BCUT2D eigenvalue weighted by molar-refractivity contribution is 6.09. The first kappa shape index (κ1) is 19.4. The normalized spacial score (nSPS) is 19.9. The molecule has 2 atom stereocenters. The van der Waals surface area contributed by atoms with Gasteiger partial charge in [-0.05, 0) is 37.1 Å². The molecule has 0 bridgehead atoms. The maximum atomic E-state index is 13.1. The lowest BCUT2D eigenvalue weighted by Crippen LogP contribution is -2.49. The van der Waals surface area contributed by atoms with Crippen LogP contribution in [0.4, 0.5) is 4.79 Å². The van der Waals surface area contributed by atoms with Crippen molar-refractivity contribution in [1.82, 2.24) is 15.5 Å². The van der Waals surface area contributed by atoms with Gasteiger partial charge < -0.3 is 15.4 Å². The molecule has 0 aliphatic carbocycles. The van der Waals surface area contributed by atoms with Crippen molar-refractivity contribution in [3.8, 4) is 5.75 Å². The molecule has 7 heteroatoms. The SMILES string of the molecule is COc1cccc([C@]2(C)NC(=O)N([C@H](C)C(=O)NCc3ccccc3)C2=O)c1. The summed E-state index contributed by atoms with van der Waals surface area (Å²) in [6, 6.07) is 14.8. The topological polar surface area (TPSA) is 87.7 Å². The van der Waals surface area contributed by atoms with Gasteiger partial charge in [0.25, 0.3) is 5.91 Å². The van der Waals surface area contributed by atoms with E-state index in [0.717, 1.165) is 10.5 Å². The molecule has 1 fully saturated rings. The Morgan fingerprint density at radius 3 is 2.57 bits per heavy atom. The van der Waals surface area contributed by atoms with Crippen molar-refractivity contribution in [2.75, 3.05) is 7.11 Å². The number of imide groups is 1. The summed E-state index contributed by atoms with van der Waals surface area (Å²) in [6.07, 6.45) is 0. The van der Waals surface area contributed by atoms with Crippen LogP contribution in [-0.2, 0) is 21.7 Å². The highest BCUT2D eigenvalue weighted by Gasteiger charge is 2.51. The molecule has 1 heterocycles. The van der Waals surface area contributed by atoms with Crippen LogP contribution in [0, 0.1) is 0 Å². The number of hydrogen-bond acceptors (Lipinski definition) is 4. The van der Waals surface area contributed by atoms with Crippen molar-refractivity contribution in [3.63, 3.8) is 0 Å². The van der Waals surface area contributed by atoms with E-state index in [4.69, 9.17) is 4.74 Å². The van der Waals surface area contributed by atoms with Gasteiger partial charge in [-0.3, -0.25) is 9.59 Å². The lowest BCUT2D eigenvalue weighted by atomic mass is 9.91. The monoisotopic (exact) mass is 381 g/mol. The minimum absolute atomic E-state index is 0.320. The second-order valence-electron chi connectivity index (χ2n) is 6.84. The van der Waals surface area contributed by atoms with Gasteiger partial charge in [0.1, 0.15) is 17.3 Å². The quantitative estimate of drug-likeness (QED) is 0.751. The van der Waals surface area contributed by atoms with Gasteiger partial charge in [0.2, 0.25) is 5.91 Å². The number of carbonyl (C=O) groups is 3. The van der Waals surface area contributed by atoms with E-state index in [1.165, 1.54) is 14.0 Å². The predicted molar refractivity (Wildman–Crippen MR) is 103 cm³/mol. The average molecular weight is 381 g/mol. The van der Waals surface area contributed by atoms with E-state index >= 15 is 0 Å². The standard InChI is InChI=1S/C21H23N3O4/c1-14(18(25)22-13-15-8-5-4-6-9-15)24-19(26)21(2,23-20(24)27)16-10-7-11-17(12-16)28-3/h4-12,14H,13H2,1-3H3,(H,22,25)(H,23,27)/t14-,21+/m1/s1. The third-order valence-electron chi connectivity index (χ3n) is 4.95. The maximum Gasteiger partial charge on any atom is 0.326 e. The van der Waals surface area contributed by atoms with Crippen LogP contribution in [-0.4, -0.2) is 35.9 Å². The number of benzene rings is 2. The van der Waals surface area contributed by atoms with Gasteiger partial charge in [-0.1, -0.05) is 42.5 Å². The minimum atomic E-state index is -1.26. The number of ether oxygens (including phenoxy) is 1. The van der Waals surface area contributed by atoms with E-state index in [9.17, 15) is 14.4 Å². The van der Waals surface area contributed by atoms with Crippen LogP contribution in [0.25, 0.3) is 0 Å². The third-order valence-corrected chi connectivity index (χ3v) is 4.95. The van der Waals surface area contributed by atoms with Gasteiger partial charge in [0.05, 0.1) is 7.11 Å². The summed E-state index contributed by atoms with van der Waals surface area (Å²) >= 11 is 0. The number of amides is 4. The maximum absolute atomic E-state index is 13.1. The van der Waals surface area contributed by atoms with Crippen LogP contribution >= 0.6 is 0 Å². The molecule has 0 aromatic heterocycles. The van der Waals surface area contributed by atoms with Crippen molar-refractivity contribution >= 4 is 17.8 Å². The molecule has 7 nitrogen and oxygen atoms in total. The van der Waals surface area contributed by atoms with Crippen molar-refractivity contribution in [1.29, 1.82) is 0 Å². The van der Waals surface area contributed by atoms with Gasteiger partial charge in [0.15, 0.2) is 0 Å². The van der Waals surface area contributed by atoms with E-state index in [1.54, 1.807) is 31.2 Å². The Hall–Kier alpha value is -3.35. The molecular weight excluding hydrogens is 358 g/mol. The molecule has 2 N–H and O–H groups in total. The van der Waals surface area contributed by atoms with Crippen LogP contribution in [0.5, 0.6) is 5.75 Å². The number of urea groups is 1.